The van der Waals surface area contributed by atoms with E-state index in [1.807, 2.05) is 13.8 Å². The van der Waals surface area contributed by atoms with E-state index in [0.29, 0.717) is 10.6 Å². The highest BCUT2D eigenvalue weighted by molar-refractivity contribution is 8.15. The van der Waals surface area contributed by atoms with Gasteiger partial charge in [0.15, 0.2) is 0 Å². The zero-order valence-corrected chi connectivity index (χ0v) is 10.9. The first-order valence-corrected chi connectivity index (χ1v) is 6.57. The van der Waals surface area contributed by atoms with Crippen LogP contribution in [0.1, 0.15) is 19.4 Å². The van der Waals surface area contributed by atoms with Crippen LogP contribution in [-0.2, 0) is 11.2 Å². The normalized spacial score (nSPS) is 19.5. The van der Waals surface area contributed by atoms with Gasteiger partial charge >= 0.3 is 0 Å². The molecule has 1 amide bonds. The Morgan fingerprint density at radius 2 is 2.11 bits per heavy atom. The second-order valence-electron chi connectivity index (χ2n) is 4.54. The van der Waals surface area contributed by atoms with Gasteiger partial charge < -0.3 is 0 Å². The Balaban J connectivity index is 2.12. The van der Waals surface area contributed by atoms with Gasteiger partial charge in [-0.15, -0.1) is 0 Å². The van der Waals surface area contributed by atoms with E-state index in [-0.39, 0.29) is 23.5 Å². The summed E-state index contributed by atoms with van der Waals surface area (Å²) < 4.78 is 26.2. The molecule has 5 heteroatoms. The Hall–Kier alpha value is -1.23. The third kappa shape index (κ3) is 2.77. The van der Waals surface area contributed by atoms with Crippen LogP contribution in [0.25, 0.3) is 0 Å². The molecule has 0 fully saturated rings. The molecule has 0 radical (unpaired) electrons. The summed E-state index contributed by atoms with van der Waals surface area (Å²) in [5.74, 6) is -1.17. The molecule has 1 aromatic rings. The highest BCUT2D eigenvalue weighted by Gasteiger charge is 2.30. The minimum Gasteiger partial charge on any atom is -0.271 e. The number of hydrogen-bond donors (Lipinski definition) is 0. The molecule has 2 nitrogen and oxygen atoms in total. The molecule has 2 rings (SSSR count). The molecule has 96 valence electrons. The molecule has 0 saturated carbocycles. The third-order valence-corrected chi connectivity index (χ3v) is 4.21. The fraction of sp³-hybridized carbons (Fsp3) is 0.385. The van der Waals surface area contributed by atoms with E-state index in [1.54, 1.807) is 0 Å². The first-order chi connectivity index (χ1) is 8.47. The summed E-state index contributed by atoms with van der Waals surface area (Å²) in [4.78, 5) is 15.5. The first kappa shape index (κ1) is 13.2. The van der Waals surface area contributed by atoms with Gasteiger partial charge in [-0.05, 0) is 17.5 Å². The molecule has 1 aliphatic rings. The molecule has 0 N–H and O–H groups in total. The maximum absolute atomic E-state index is 13.5. The minimum absolute atomic E-state index is 0.160. The zero-order chi connectivity index (χ0) is 13.3. The Morgan fingerprint density at radius 3 is 2.67 bits per heavy atom. The third-order valence-electron chi connectivity index (χ3n) is 2.70. The van der Waals surface area contributed by atoms with Crippen LogP contribution in [0.15, 0.2) is 23.2 Å². The number of aliphatic imine (C=N–C) groups is 1. The second-order valence-corrected chi connectivity index (χ2v) is 5.75. The maximum Gasteiger partial charge on any atom is 0.260 e. The number of hydrogen-bond acceptors (Lipinski definition) is 2. The summed E-state index contributed by atoms with van der Waals surface area (Å²) in [5, 5.41) is 0.424. The van der Waals surface area contributed by atoms with Crippen molar-refractivity contribution in [2.45, 2.75) is 25.5 Å². The molecule has 0 aliphatic carbocycles. The summed E-state index contributed by atoms with van der Waals surface area (Å²) in [7, 11) is 0. The molecular formula is C13H13F2NOS. The smallest absolute Gasteiger partial charge is 0.260 e. The fourth-order valence-corrected chi connectivity index (χ4v) is 2.84. The summed E-state index contributed by atoms with van der Waals surface area (Å²) in [5.41, 5.74) is 0.361. The average Bonchev–Trinajstić information content (AvgIpc) is 2.64. The van der Waals surface area contributed by atoms with E-state index >= 15 is 0 Å². The second kappa shape index (κ2) is 5.18. The van der Waals surface area contributed by atoms with Gasteiger partial charge in [0, 0.05) is 12.5 Å². The number of nitrogens with zero attached hydrogens (tertiary/aromatic N) is 1. The van der Waals surface area contributed by atoms with Crippen molar-refractivity contribution in [2.24, 2.45) is 10.9 Å². The van der Waals surface area contributed by atoms with Gasteiger partial charge in [-0.1, -0.05) is 31.7 Å². The molecule has 1 unspecified atom stereocenters. The molecule has 1 atom stereocenters. The van der Waals surface area contributed by atoms with E-state index in [9.17, 15) is 13.6 Å². The van der Waals surface area contributed by atoms with Gasteiger partial charge in [0.1, 0.15) is 11.6 Å². The van der Waals surface area contributed by atoms with Crippen LogP contribution in [-0.4, -0.2) is 16.2 Å². The van der Waals surface area contributed by atoms with Crippen molar-refractivity contribution in [3.63, 3.8) is 0 Å². The Bertz CT molecular complexity index is 514. The maximum atomic E-state index is 13.5. The number of amides is 1. The lowest BCUT2D eigenvalue weighted by Gasteiger charge is -2.10. The van der Waals surface area contributed by atoms with Crippen molar-refractivity contribution < 1.29 is 13.6 Å². The topological polar surface area (TPSA) is 29.4 Å². The van der Waals surface area contributed by atoms with E-state index in [4.69, 9.17) is 0 Å². The number of carbonyl (C=O) groups excluding carboxylic acids is 1. The van der Waals surface area contributed by atoms with Gasteiger partial charge in [0.05, 0.1) is 10.3 Å². The van der Waals surface area contributed by atoms with Crippen LogP contribution in [0.3, 0.4) is 0 Å². The number of halogens is 2. The van der Waals surface area contributed by atoms with Gasteiger partial charge in [0.25, 0.3) is 5.91 Å². The van der Waals surface area contributed by atoms with Gasteiger partial charge in [0.2, 0.25) is 0 Å². The number of rotatable bonds is 3. The number of carbonyl (C=O) groups is 1. The van der Waals surface area contributed by atoms with E-state index in [0.717, 1.165) is 6.07 Å². The van der Waals surface area contributed by atoms with Crippen molar-refractivity contribution in [1.29, 1.82) is 0 Å². The monoisotopic (exact) mass is 269 g/mol. The lowest BCUT2D eigenvalue weighted by molar-refractivity contribution is -0.117. The molecule has 18 heavy (non-hydrogen) atoms. The molecule has 0 saturated heterocycles. The van der Waals surface area contributed by atoms with Crippen molar-refractivity contribution >= 4 is 22.7 Å². The lowest BCUT2D eigenvalue weighted by atomic mass is 10.1. The van der Waals surface area contributed by atoms with Crippen LogP contribution in [0.5, 0.6) is 0 Å². The zero-order valence-electron chi connectivity index (χ0n) is 10.1. The lowest BCUT2D eigenvalue weighted by Crippen LogP contribution is -2.17. The number of benzene rings is 1. The predicted molar refractivity (Wildman–Crippen MR) is 68.7 cm³/mol. The molecule has 1 heterocycles. The highest BCUT2D eigenvalue weighted by Crippen LogP contribution is 2.30. The predicted octanol–water partition coefficient (Wildman–Crippen LogP) is 3.20. The van der Waals surface area contributed by atoms with Crippen molar-refractivity contribution in [3.05, 3.63) is 35.4 Å². The van der Waals surface area contributed by atoms with Crippen molar-refractivity contribution in [2.75, 3.05) is 0 Å². The Morgan fingerprint density at radius 1 is 1.39 bits per heavy atom. The summed E-state index contributed by atoms with van der Waals surface area (Å²) >= 11 is 1.37. The summed E-state index contributed by atoms with van der Waals surface area (Å²) in [6, 6.07) is 3.44. The molecule has 1 aliphatic heterocycles. The van der Waals surface area contributed by atoms with E-state index in [2.05, 4.69) is 4.99 Å². The quantitative estimate of drug-likeness (QED) is 0.843. The van der Waals surface area contributed by atoms with Crippen LogP contribution >= 0.6 is 11.8 Å². The van der Waals surface area contributed by atoms with Crippen LogP contribution in [0.2, 0.25) is 0 Å². The Kier molecular flexibility index (Phi) is 3.80. The van der Waals surface area contributed by atoms with Gasteiger partial charge in [-0.25, -0.2) is 13.8 Å². The van der Waals surface area contributed by atoms with Crippen molar-refractivity contribution in [3.8, 4) is 0 Å². The van der Waals surface area contributed by atoms with E-state index < -0.39 is 11.6 Å². The van der Waals surface area contributed by atoms with Crippen LogP contribution in [0, 0.1) is 17.6 Å². The highest BCUT2D eigenvalue weighted by atomic mass is 32.2. The molecular weight excluding hydrogens is 256 g/mol. The van der Waals surface area contributed by atoms with Gasteiger partial charge in [-0.3, -0.25) is 4.79 Å². The standard InChI is InChI=1S/C13H13F2NOS/c1-7(2)12-13(17)16-11(18-12)5-8-3-4-9(14)6-10(8)15/h3-4,6-7,12H,5H2,1-2H3. The Labute approximate surface area is 108 Å². The minimum atomic E-state index is -0.603. The fourth-order valence-electron chi connectivity index (χ4n) is 1.74. The summed E-state index contributed by atoms with van der Waals surface area (Å²) in [6.07, 6.45) is 0.242. The number of thioether (sulfide) groups is 1. The van der Waals surface area contributed by atoms with E-state index in [1.165, 1.54) is 23.9 Å². The molecule has 1 aromatic carbocycles. The molecule has 0 aromatic heterocycles. The van der Waals surface area contributed by atoms with Gasteiger partial charge in [-0.2, -0.15) is 0 Å². The largest absolute Gasteiger partial charge is 0.271 e. The van der Waals surface area contributed by atoms with Crippen molar-refractivity contribution in [1.82, 2.24) is 0 Å². The molecule has 0 bridgehead atoms. The van der Waals surface area contributed by atoms with Crippen LogP contribution < -0.4 is 0 Å². The molecule has 0 spiro atoms. The van der Waals surface area contributed by atoms with Crippen LogP contribution in [0.4, 0.5) is 8.78 Å². The first-order valence-electron chi connectivity index (χ1n) is 5.69. The summed E-state index contributed by atoms with van der Waals surface area (Å²) in [6.45, 7) is 3.90. The SMILES string of the molecule is CC(C)C1SC(Cc2ccc(F)cc2F)=NC1=O. The average molecular weight is 269 g/mol.